The molecular formula is C19H12ClN2O4S-. The first-order chi connectivity index (χ1) is 12.9. The first kappa shape index (κ1) is 18.6. The van der Waals surface area contributed by atoms with E-state index >= 15 is 0 Å². The summed E-state index contributed by atoms with van der Waals surface area (Å²) in [4.78, 5) is 23.1. The molecule has 2 N–H and O–H groups in total. The van der Waals surface area contributed by atoms with Gasteiger partial charge in [-0.1, -0.05) is 23.7 Å². The first-order valence-electron chi connectivity index (χ1n) is 7.72. The molecule has 1 heterocycles. The van der Waals surface area contributed by atoms with Crippen LogP contribution in [0, 0.1) is 0 Å². The minimum atomic E-state index is -1.31. The normalized spacial score (nSPS) is 10.3. The van der Waals surface area contributed by atoms with E-state index in [9.17, 15) is 14.7 Å². The van der Waals surface area contributed by atoms with E-state index in [1.807, 2.05) is 0 Å². The van der Waals surface area contributed by atoms with Crippen LogP contribution in [-0.4, -0.2) is 17.0 Å². The summed E-state index contributed by atoms with van der Waals surface area (Å²) in [5.41, 5.74) is 1.18. The third kappa shape index (κ3) is 4.72. The number of halogens is 1. The second-order valence-electron chi connectivity index (χ2n) is 5.45. The fourth-order valence-corrected chi connectivity index (χ4v) is 2.62. The molecule has 0 atom stereocenters. The number of amides is 1. The Hall–Kier alpha value is -3.16. The molecule has 1 aromatic heterocycles. The molecule has 136 valence electrons. The van der Waals surface area contributed by atoms with Gasteiger partial charge in [-0.15, -0.1) is 0 Å². The van der Waals surface area contributed by atoms with Gasteiger partial charge in [-0.3, -0.25) is 10.1 Å². The summed E-state index contributed by atoms with van der Waals surface area (Å²) in [6, 6.07) is 16.1. The van der Waals surface area contributed by atoms with Crippen molar-refractivity contribution in [2.24, 2.45) is 0 Å². The Balaban J connectivity index is 1.65. The van der Waals surface area contributed by atoms with Crippen molar-refractivity contribution in [3.05, 3.63) is 77.0 Å². The van der Waals surface area contributed by atoms with Gasteiger partial charge < -0.3 is 19.6 Å². The van der Waals surface area contributed by atoms with E-state index in [1.165, 1.54) is 24.3 Å². The molecule has 27 heavy (non-hydrogen) atoms. The lowest BCUT2D eigenvalue weighted by molar-refractivity contribution is -0.255. The van der Waals surface area contributed by atoms with Crippen LogP contribution >= 0.6 is 23.8 Å². The molecule has 3 rings (SSSR count). The molecule has 0 saturated heterocycles. The summed E-state index contributed by atoms with van der Waals surface area (Å²) < 4.78 is 5.54. The number of hydrogen-bond donors (Lipinski definition) is 2. The number of nitrogens with one attached hydrogen (secondary N) is 2. The zero-order valence-electron chi connectivity index (χ0n) is 13.7. The SMILES string of the molecule is O=C([O-])c1cccc(NC(=S)NC(=O)c2ccc(-c3ccc(Cl)cc3)o2)c1. The maximum Gasteiger partial charge on any atom is 0.293 e. The van der Waals surface area contributed by atoms with Crippen molar-refractivity contribution in [1.82, 2.24) is 5.32 Å². The Morgan fingerprint density at radius 2 is 1.78 bits per heavy atom. The number of benzene rings is 2. The zero-order valence-corrected chi connectivity index (χ0v) is 15.3. The Kier molecular flexibility index (Phi) is 5.54. The van der Waals surface area contributed by atoms with E-state index in [-0.39, 0.29) is 16.4 Å². The number of furan rings is 1. The van der Waals surface area contributed by atoms with Gasteiger partial charge in [0, 0.05) is 16.3 Å². The fraction of sp³-hybridized carbons (Fsp3) is 0. The van der Waals surface area contributed by atoms with Crippen LogP contribution in [0.1, 0.15) is 20.9 Å². The van der Waals surface area contributed by atoms with Gasteiger partial charge in [-0.05, 0) is 66.3 Å². The van der Waals surface area contributed by atoms with Crippen molar-refractivity contribution in [1.29, 1.82) is 0 Å². The Morgan fingerprint density at radius 3 is 2.48 bits per heavy atom. The lowest BCUT2D eigenvalue weighted by atomic mass is 10.2. The highest BCUT2D eigenvalue weighted by molar-refractivity contribution is 7.80. The highest BCUT2D eigenvalue weighted by Gasteiger charge is 2.14. The number of hydrogen-bond acceptors (Lipinski definition) is 5. The summed E-state index contributed by atoms with van der Waals surface area (Å²) in [5, 5.41) is 16.7. The van der Waals surface area contributed by atoms with E-state index in [0.717, 1.165) is 5.56 Å². The molecule has 1 amide bonds. The van der Waals surface area contributed by atoms with Gasteiger partial charge in [0.25, 0.3) is 5.91 Å². The second kappa shape index (κ2) is 8.03. The molecular weight excluding hydrogens is 388 g/mol. The number of carbonyl (C=O) groups is 2. The van der Waals surface area contributed by atoms with Crippen LogP contribution < -0.4 is 15.7 Å². The predicted molar refractivity (Wildman–Crippen MR) is 104 cm³/mol. The highest BCUT2D eigenvalue weighted by atomic mass is 35.5. The highest BCUT2D eigenvalue weighted by Crippen LogP contribution is 2.23. The van der Waals surface area contributed by atoms with Crippen molar-refractivity contribution in [2.75, 3.05) is 5.32 Å². The quantitative estimate of drug-likeness (QED) is 0.655. The van der Waals surface area contributed by atoms with Crippen LogP contribution in [-0.2, 0) is 0 Å². The number of carbonyl (C=O) groups excluding carboxylic acids is 2. The Morgan fingerprint density at radius 1 is 1.04 bits per heavy atom. The molecule has 0 fully saturated rings. The van der Waals surface area contributed by atoms with Gasteiger partial charge in [0.1, 0.15) is 5.76 Å². The van der Waals surface area contributed by atoms with Crippen molar-refractivity contribution in [3.63, 3.8) is 0 Å². The second-order valence-corrected chi connectivity index (χ2v) is 6.29. The maximum atomic E-state index is 12.3. The summed E-state index contributed by atoms with van der Waals surface area (Å²) >= 11 is 10.9. The monoisotopic (exact) mass is 399 g/mol. The number of aromatic carboxylic acids is 1. The van der Waals surface area contributed by atoms with Gasteiger partial charge in [-0.25, -0.2) is 0 Å². The standard InChI is InChI=1S/C19H13ClN2O4S/c20-13-6-4-11(5-7-13)15-8-9-16(26-15)17(23)22-19(27)21-14-3-1-2-12(10-14)18(24)25/h1-10H,(H,24,25)(H2,21,22,23,27)/p-1. The molecule has 0 unspecified atom stereocenters. The predicted octanol–water partition coefficient (Wildman–Crippen LogP) is 3.09. The summed E-state index contributed by atoms with van der Waals surface area (Å²) in [6.07, 6.45) is 0. The van der Waals surface area contributed by atoms with Crippen LogP contribution in [0.2, 0.25) is 5.02 Å². The van der Waals surface area contributed by atoms with Crippen LogP contribution in [0.4, 0.5) is 5.69 Å². The summed E-state index contributed by atoms with van der Waals surface area (Å²) in [7, 11) is 0. The number of thiocarbonyl (C=S) groups is 1. The van der Waals surface area contributed by atoms with Gasteiger partial charge in [0.2, 0.25) is 0 Å². The lowest BCUT2D eigenvalue weighted by Gasteiger charge is -2.10. The third-order valence-electron chi connectivity index (χ3n) is 3.54. The van der Waals surface area contributed by atoms with Crippen LogP contribution in [0.5, 0.6) is 0 Å². The van der Waals surface area contributed by atoms with Gasteiger partial charge in [0.15, 0.2) is 10.9 Å². The smallest absolute Gasteiger partial charge is 0.293 e. The van der Waals surface area contributed by atoms with Crippen molar-refractivity contribution in [2.45, 2.75) is 0 Å². The lowest BCUT2D eigenvalue weighted by Crippen LogP contribution is -2.34. The van der Waals surface area contributed by atoms with E-state index in [2.05, 4.69) is 10.6 Å². The van der Waals surface area contributed by atoms with Crippen molar-refractivity contribution in [3.8, 4) is 11.3 Å². The van der Waals surface area contributed by atoms with E-state index in [0.29, 0.717) is 16.5 Å². The minimum absolute atomic E-state index is 0.0000547. The molecule has 0 saturated carbocycles. The van der Waals surface area contributed by atoms with E-state index < -0.39 is 11.9 Å². The summed E-state index contributed by atoms with van der Waals surface area (Å²) in [6.45, 7) is 0. The molecule has 0 bridgehead atoms. The van der Waals surface area contributed by atoms with Gasteiger partial charge in [0.05, 0.1) is 5.97 Å². The third-order valence-corrected chi connectivity index (χ3v) is 4.00. The number of carboxylic acids is 1. The maximum absolute atomic E-state index is 12.3. The Labute approximate surface area is 164 Å². The molecule has 0 aliphatic rings. The Bertz CT molecular complexity index is 1010. The summed E-state index contributed by atoms with van der Waals surface area (Å²) in [5.74, 6) is -1.26. The minimum Gasteiger partial charge on any atom is -0.545 e. The van der Waals surface area contributed by atoms with Crippen molar-refractivity contribution >= 4 is 46.5 Å². The molecule has 0 aliphatic heterocycles. The fourth-order valence-electron chi connectivity index (χ4n) is 2.28. The van der Waals surface area contributed by atoms with Gasteiger partial charge >= 0.3 is 0 Å². The molecule has 2 aromatic carbocycles. The molecule has 8 heteroatoms. The molecule has 6 nitrogen and oxygen atoms in total. The van der Waals surface area contributed by atoms with Crippen LogP contribution in [0.15, 0.2) is 65.1 Å². The number of rotatable bonds is 4. The number of anilines is 1. The molecule has 0 spiro atoms. The zero-order chi connectivity index (χ0) is 19.4. The average Bonchev–Trinajstić information content (AvgIpc) is 3.12. The topological polar surface area (TPSA) is 94.4 Å². The molecule has 0 radical (unpaired) electrons. The van der Waals surface area contributed by atoms with E-state index in [4.69, 9.17) is 28.2 Å². The molecule has 3 aromatic rings. The van der Waals surface area contributed by atoms with Gasteiger partial charge in [-0.2, -0.15) is 0 Å². The average molecular weight is 400 g/mol. The van der Waals surface area contributed by atoms with Crippen LogP contribution in [0.25, 0.3) is 11.3 Å². The first-order valence-corrected chi connectivity index (χ1v) is 8.50. The number of carboxylic acid groups (broad SMARTS) is 1. The van der Waals surface area contributed by atoms with Crippen molar-refractivity contribution < 1.29 is 19.1 Å². The van der Waals surface area contributed by atoms with E-state index in [1.54, 1.807) is 36.4 Å². The van der Waals surface area contributed by atoms with Crippen LogP contribution in [0.3, 0.4) is 0 Å². The largest absolute Gasteiger partial charge is 0.545 e. The molecule has 0 aliphatic carbocycles.